The Balaban J connectivity index is 0.00000306. The topological polar surface area (TPSA) is 93.2 Å². The summed E-state index contributed by atoms with van der Waals surface area (Å²) in [6, 6.07) is 17.7. The molecule has 0 aliphatic rings. The van der Waals surface area contributed by atoms with E-state index in [0.29, 0.717) is 21.8 Å². The first-order valence-electron chi connectivity index (χ1n) is 9.87. The summed E-state index contributed by atoms with van der Waals surface area (Å²) in [7, 11) is 0. The molecule has 0 saturated heterocycles. The number of halogens is 2. The van der Waals surface area contributed by atoms with Crippen LogP contribution in [0.4, 0.5) is 11.4 Å². The SMILES string of the molecule is Cl.O=C(NCCOC(=O)c1ccccc1Nc1ccnc2cc(Cl)ccc12)c1cccnc1. The number of anilines is 2. The Morgan fingerprint density at radius 3 is 2.64 bits per heavy atom. The molecular formula is C24H20Cl2N4O3. The molecule has 0 unspecified atom stereocenters. The molecule has 2 aromatic heterocycles. The zero-order valence-electron chi connectivity index (χ0n) is 17.3. The van der Waals surface area contributed by atoms with Gasteiger partial charge in [-0.2, -0.15) is 0 Å². The Morgan fingerprint density at radius 2 is 1.82 bits per heavy atom. The molecule has 0 saturated carbocycles. The van der Waals surface area contributed by atoms with E-state index in [1.165, 1.54) is 6.20 Å². The maximum absolute atomic E-state index is 12.7. The molecule has 7 nitrogen and oxygen atoms in total. The Bertz CT molecular complexity index is 1270. The number of para-hydroxylation sites is 1. The van der Waals surface area contributed by atoms with Crippen molar-refractivity contribution >= 4 is 58.2 Å². The van der Waals surface area contributed by atoms with Crippen molar-refractivity contribution < 1.29 is 14.3 Å². The fraction of sp³-hybridized carbons (Fsp3) is 0.0833. The first-order chi connectivity index (χ1) is 15.6. The number of hydrogen-bond acceptors (Lipinski definition) is 6. The van der Waals surface area contributed by atoms with Gasteiger partial charge in [0.25, 0.3) is 5.91 Å². The van der Waals surface area contributed by atoms with Gasteiger partial charge < -0.3 is 15.4 Å². The van der Waals surface area contributed by atoms with E-state index in [1.807, 2.05) is 18.2 Å². The van der Waals surface area contributed by atoms with Crippen molar-refractivity contribution in [1.29, 1.82) is 0 Å². The molecule has 0 spiro atoms. The Hall–Kier alpha value is -3.68. The second-order valence-corrected chi connectivity index (χ2v) is 7.26. The van der Waals surface area contributed by atoms with E-state index in [9.17, 15) is 9.59 Å². The van der Waals surface area contributed by atoms with E-state index in [2.05, 4.69) is 20.6 Å². The quantitative estimate of drug-likeness (QED) is 0.283. The zero-order valence-corrected chi connectivity index (χ0v) is 18.9. The summed E-state index contributed by atoms with van der Waals surface area (Å²) >= 11 is 6.06. The third-order valence-electron chi connectivity index (χ3n) is 4.67. The standard InChI is InChI=1S/C24H19ClN4O3.ClH/c25-17-7-8-18-21(9-11-27-22(18)14-17)29-20-6-2-1-5-19(20)24(31)32-13-12-28-23(30)16-4-3-10-26-15-16;/h1-11,14-15H,12-13H2,(H,27,29)(H,28,30);1H. The Kier molecular flexibility index (Phi) is 8.18. The van der Waals surface area contributed by atoms with E-state index >= 15 is 0 Å². The molecular weight excluding hydrogens is 463 g/mol. The van der Waals surface area contributed by atoms with Gasteiger partial charge in [0.1, 0.15) is 6.61 Å². The number of rotatable bonds is 7. The molecule has 168 valence electrons. The van der Waals surface area contributed by atoms with Crippen LogP contribution >= 0.6 is 24.0 Å². The Labute approximate surface area is 201 Å². The summed E-state index contributed by atoms with van der Waals surface area (Å²) in [6.07, 6.45) is 4.74. The number of aromatic nitrogens is 2. The predicted octanol–water partition coefficient (Wildman–Crippen LogP) is 5.04. The lowest BCUT2D eigenvalue weighted by Gasteiger charge is -2.13. The van der Waals surface area contributed by atoms with Crippen LogP contribution in [0.25, 0.3) is 10.9 Å². The number of benzene rings is 2. The van der Waals surface area contributed by atoms with Crippen molar-refractivity contribution in [2.24, 2.45) is 0 Å². The molecule has 4 rings (SSSR count). The molecule has 0 bridgehead atoms. The summed E-state index contributed by atoms with van der Waals surface area (Å²) < 4.78 is 5.36. The number of nitrogens with one attached hydrogen (secondary N) is 2. The van der Waals surface area contributed by atoms with Gasteiger partial charge in [-0.1, -0.05) is 23.7 Å². The first kappa shape index (κ1) is 24.0. The van der Waals surface area contributed by atoms with Gasteiger partial charge in [-0.05, 0) is 48.5 Å². The van der Waals surface area contributed by atoms with Gasteiger partial charge in [-0.3, -0.25) is 14.8 Å². The average molecular weight is 483 g/mol. The van der Waals surface area contributed by atoms with E-state index < -0.39 is 5.97 Å². The molecule has 2 heterocycles. The van der Waals surface area contributed by atoms with Crippen LogP contribution < -0.4 is 10.6 Å². The molecule has 33 heavy (non-hydrogen) atoms. The molecule has 0 radical (unpaired) electrons. The smallest absolute Gasteiger partial charge is 0.340 e. The maximum Gasteiger partial charge on any atom is 0.340 e. The third kappa shape index (κ3) is 5.97. The monoisotopic (exact) mass is 482 g/mol. The van der Waals surface area contributed by atoms with Gasteiger partial charge in [-0.25, -0.2) is 4.79 Å². The predicted molar refractivity (Wildman–Crippen MR) is 131 cm³/mol. The van der Waals surface area contributed by atoms with Crippen LogP contribution in [0.1, 0.15) is 20.7 Å². The van der Waals surface area contributed by atoms with E-state index in [4.69, 9.17) is 16.3 Å². The number of nitrogens with zero attached hydrogens (tertiary/aromatic N) is 2. The lowest BCUT2D eigenvalue weighted by Crippen LogP contribution is -2.28. The molecule has 0 aliphatic carbocycles. The number of carbonyl (C=O) groups is 2. The van der Waals surface area contributed by atoms with E-state index in [0.717, 1.165) is 16.6 Å². The molecule has 2 aromatic carbocycles. The van der Waals surface area contributed by atoms with Gasteiger partial charge in [0, 0.05) is 34.7 Å². The number of fused-ring (bicyclic) bond motifs is 1. The largest absolute Gasteiger partial charge is 0.460 e. The summed E-state index contributed by atoms with van der Waals surface area (Å²) in [6.45, 7) is 0.223. The maximum atomic E-state index is 12.7. The number of carbonyl (C=O) groups excluding carboxylic acids is 2. The summed E-state index contributed by atoms with van der Waals surface area (Å²) in [5.41, 5.74) is 2.95. The van der Waals surface area contributed by atoms with Crippen LogP contribution in [0.3, 0.4) is 0 Å². The Morgan fingerprint density at radius 1 is 0.970 bits per heavy atom. The second kappa shape index (κ2) is 11.3. The van der Waals surface area contributed by atoms with Crippen molar-refractivity contribution in [2.75, 3.05) is 18.5 Å². The summed E-state index contributed by atoms with van der Waals surface area (Å²) in [5.74, 6) is -0.772. The van der Waals surface area contributed by atoms with Crippen molar-refractivity contribution in [3.8, 4) is 0 Å². The van der Waals surface area contributed by atoms with Crippen molar-refractivity contribution in [3.05, 3.63) is 95.4 Å². The van der Waals surface area contributed by atoms with Crippen LogP contribution in [-0.2, 0) is 4.74 Å². The first-order valence-corrected chi connectivity index (χ1v) is 10.3. The molecule has 4 aromatic rings. The molecule has 9 heteroatoms. The van der Waals surface area contributed by atoms with Crippen LogP contribution in [0.15, 0.2) is 79.3 Å². The fourth-order valence-electron chi connectivity index (χ4n) is 3.13. The number of hydrogen-bond donors (Lipinski definition) is 2. The van der Waals surface area contributed by atoms with Crippen LogP contribution in [0.2, 0.25) is 5.02 Å². The fourth-order valence-corrected chi connectivity index (χ4v) is 3.30. The second-order valence-electron chi connectivity index (χ2n) is 6.82. The average Bonchev–Trinajstić information content (AvgIpc) is 2.82. The summed E-state index contributed by atoms with van der Waals surface area (Å²) in [4.78, 5) is 32.9. The molecule has 1 amide bonds. The lowest BCUT2D eigenvalue weighted by atomic mass is 10.1. The normalized spacial score (nSPS) is 10.2. The highest BCUT2D eigenvalue weighted by Gasteiger charge is 2.14. The minimum atomic E-state index is -0.495. The van der Waals surface area contributed by atoms with Gasteiger partial charge in [0.05, 0.1) is 28.9 Å². The minimum Gasteiger partial charge on any atom is -0.460 e. The van der Waals surface area contributed by atoms with E-state index in [-0.39, 0.29) is 31.5 Å². The molecule has 0 aliphatic heterocycles. The molecule has 0 atom stereocenters. The van der Waals surface area contributed by atoms with Crippen molar-refractivity contribution in [2.45, 2.75) is 0 Å². The van der Waals surface area contributed by atoms with Crippen LogP contribution in [-0.4, -0.2) is 35.0 Å². The van der Waals surface area contributed by atoms with Gasteiger partial charge in [0.15, 0.2) is 0 Å². The number of esters is 1. The van der Waals surface area contributed by atoms with Gasteiger partial charge >= 0.3 is 5.97 Å². The van der Waals surface area contributed by atoms with E-state index in [1.54, 1.807) is 54.9 Å². The van der Waals surface area contributed by atoms with Crippen LogP contribution in [0, 0.1) is 0 Å². The minimum absolute atomic E-state index is 0. The molecule has 2 N–H and O–H groups in total. The van der Waals surface area contributed by atoms with Crippen molar-refractivity contribution in [1.82, 2.24) is 15.3 Å². The molecule has 0 fully saturated rings. The highest BCUT2D eigenvalue weighted by molar-refractivity contribution is 6.31. The highest BCUT2D eigenvalue weighted by Crippen LogP contribution is 2.28. The number of amides is 1. The highest BCUT2D eigenvalue weighted by atomic mass is 35.5. The van der Waals surface area contributed by atoms with Gasteiger partial charge in [-0.15, -0.1) is 12.4 Å². The van der Waals surface area contributed by atoms with Gasteiger partial charge in [0.2, 0.25) is 0 Å². The van der Waals surface area contributed by atoms with Crippen molar-refractivity contribution in [3.63, 3.8) is 0 Å². The van der Waals surface area contributed by atoms with Crippen LogP contribution in [0.5, 0.6) is 0 Å². The zero-order chi connectivity index (χ0) is 22.3. The number of ether oxygens (including phenoxy) is 1. The third-order valence-corrected chi connectivity index (χ3v) is 4.90. The summed E-state index contributed by atoms with van der Waals surface area (Å²) in [5, 5.41) is 7.45. The lowest BCUT2D eigenvalue weighted by molar-refractivity contribution is 0.0504. The number of pyridine rings is 2.